The number of nitrogen functional groups attached to an aromatic ring is 1. The van der Waals surface area contributed by atoms with Crippen LogP contribution in [-0.2, 0) is 0 Å². The second-order valence-corrected chi connectivity index (χ2v) is 4.69. The van der Waals surface area contributed by atoms with Gasteiger partial charge >= 0.3 is 0 Å². The second kappa shape index (κ2) is 4.20. The van der Waals surface area contributed by atoms with Gasteiger partial charge in [0.2, 0.25) is 5.88 Å². The van der Waals surface area contributed by atoms with E-state index in [0.717, 1.165) is 5.82 Å². The summed E-state index contributed by atoms with van der Waals surface area (Å²) >= 11 is 0. The zero-order valence-electron chi connectivity index (χ0n) is 9.92. The van der Waals surface area contributed by atoms with Crippen molar-refractivity contribution in [2.75, 3.05) is 18.2 Å². The number of nitrogens with one attached hydrogen (secondary N) is 1. The predicted octanol–water partition coefficient (Wildman–Crippen LogP) is 2.42. The highest BCUT2D eigenvalue weighted by Crippen LogP contribution is 2.32. The molecule has 2 rings (SSSR count). The summed E-state index contributed by atoms with van der Waals surface area (Å²) < 4.78 is 5.11. The van der Waals surface area contributed by atoms with Gasteiger partial charge in [-0.1, -0.05) is 12.8 Å². The molecule has 0 aliphatic heterocycles. The molecule has 4 heteroatoms. The summed E-state index contributed by atoms with van der Waals surface area (Å²) in [6.07, 6.45) is 4.97. The normalized spacial score (nSPS) is 18.4. The number of nitrogens with two attached hydrogens (primary N) is 1. The minimum atomic E-state index is 0.175. The Morgan fingerprint density at radius 3 is 2.69 bits per heavy atom. The van der Waals surface area contributed by atoms with E-state index in [4.69, 9.17) is 10.5 Å². The molecule has 1 saturated carbocycles. The molecule has 0 unspecified atom stereocenters. The van der Waals surface area contributed by atoms with Gasteiger partial charge in [0.25, 0.3) is 0 Å². The minimum Gasteiger partial charge on any atom is -0.479 e. The van der Waals surface area contributed by atoms with E-state index in [1.165, 1.54) is 25.7 Å². The standard InChI is InChI=1S/C12H19N3O/c1-12(7-3-4-8-12)15-10-6-5-9(13)11(14-10)16-2/h5-6H,3-4,7-8,13H2,1-2H3,(H,14,15). The van der Waals surface area contributed by atoms with Crippen molar-refractivity contribution in [3.63, 3.8) is 0 Å². The van der Waals surface area contributed by atoms with Crippen LogP contribution in [0, 0.1) is 0 Å². The molecule has 0 aromatic carbocycles. The van der Waals surface area contributed by atoms with Gasteiger partial charge in [0, 0.05) is 5.54 Å². The van der Waals surface area contributed by atoms with Crippen LogP contribution in [0.2, 0.25) is 0 Å². The molecule has 1 aliphatic carbocycles. The zero-order chi connectivity index (χ0) is 11.6. The van der Waals surface area contributed by atoms with Gasteiger partial charge in [-0.3, -0.25) is 0 Å². The number of hydrogen-bond acceptors (Lipinski definition) is 4. The fourth-order valence-corrected chi connectivity index (χ4v) is 2.27. The third-order valence-electron chi connectivity index (χ3n) is 3.22. The van der Waals surface area contributed by atoms with Crippen LogP contribution in [0.1, 0.15) is 32.6 Å². The lowest BCUT2D eigenvalue weighted by Gasteiger charge is -2.26. The minimum absolute atomic E-state index is 0.175. The Labute approximate surface area is 96.2 Å². The lowest BCUT2D eigenvalue weighted by Crippen LogP contribution is -2.31. The van der Waals surface area contributed by atoms with Crippen molar-refractivity contribution in [1.82, 2.24) is 4.98 Å². The Balaban J connectivity index is 2.15. The highest BCUT2D eigenvalue weighted by Gasteiger charge is 2.28. The summed E-state index contributed by atoms with van der Waals surface area (Å²) in [6.45, 7) is 2.24. The first-order valence-corrected chi connectivity index (χ1v) is 5.72. The molecule has 16 heavy (non-hydrogen) atoms. The third-order valence-corrected chi connectivity index (χ3v) is 3.22. The van der Waals surface area contributed by atoms with Crippen LogP contribution in [0.25, 0.3) is 0 Å². The number of hydrogen-bond donors (Lipinski definition) is 2. The van der Waals surface area contributed by atoms with Crippen molar-refractivity contribution in [3.8, 4) is 5.88 Å². The van der Waals surface area contributed by atoms with Crippen molar-refractivity contribution >= 4 is 11.5 Å². The van der Waals surface area contributed by atoms with Crippen molar-refractivity contribution in [1.29, 1.82) is 0 Å². The van der Waals surface area contributed by atoms with E-state index >= 15 is 0 Å². The Morgan fingerprint density at radius 1 is 1.38 bits per heavy atom. The molecular formula is C12H19N3O. The van der Waals surface area contributed by atoms with E-state index in [9.17, 15) is 0 Å². The largest absolute Gasteiger partial charge is 0.479 e. The molecular weight excluding hydrogens is 202 g/mol. The van der Waals surface area contributed by atoms with Gasteiger partial charge in [0.15, 0.2) is 0 Å². The molecule has 0 bridgehead atoms. The monoisotopic (exact) mass is 221 g/mol. The Hall–Kier alpha value is -1.45. The average Bonchev–Trinajstić information content (AvgIpc) is 2.68. The van der Waals surface area contributed by atoms with E-state index in [1.54, 1.807) is 7.11 Å². The second-order valence-electron chi connectivity index (χ2n) is 4.69. The van der Waals surface area contributed by atoms with E-state index in [0.29, 0.717) is 11.6 Å². The molecule has 1 heterocycles. The number of nitrogens with zero attached hydrogens (tertiary/aromatic N) is 1. The topological polar surface area (TPSA) is 60.2 Å². The fraction of sp³-hybridized carbons (Fsp3) is 0.583. The first-order chi connectivity index (χ1) is 7.63. The first-order valence-electron chi connectivity index (χ1n) is 5.72. The first kappa shape index (κ1) is 11.0. The molecule has 0 saturated heterocycles. The number of pyridine rings is 1. The Morgan fingerprint density at radius 2 is 2.06 bits per heavy atom. The molecule has 3 N–H and O–H groups in total. The number of methoxy groups -OCH3 is 1. The van der Waals surface area contributed by atoms with Crippen LogP contribution in [0.4, 0.5) is 11.5 Å². The van der Waals surface area contributed by atoms with Crippen LogP contribution in [0.5, 0.6) is 5.88 Å². The van der Waals surface area contributed by atoms with Gasteiger partial charge in [-0.2, -0.15) is 4.98 Å². The molecule has 4 nitrogen and oxygen atoms in total. The predicted molar refractivity (Wildman–Crippen MR) is 65.7 cm³/mol. The summed E-state index contributed by atoms with van der Waals surface area (Å²) in [5.74, 6) is 1.34. The molecule has 0 atom stereocenters. The van der Waals surface area contributed by atoms with Gasteiger partial charge in [-0.15, -0.1) is 0 Å². The van der Waals surface area contributed by atoms with Crippen molar-refractivity contribution in [2.24, 2.45) is 0 Å². The highest BCUT2D eigenvalue weighted by molar-refractivity contribution is 5.54. The van der Waals surface area contributed by atoms with Crippen LogP contribution >= 0.6 is 0 Å². The number of ether oxygens (including phenoxy) is 1. The van der Waals surface area contributed by atoms with Gasteiger partial charge < -0.3 is 15.8 Å². The summed E-state index contributed by atoms with van der Waals surface area (Å²) in [7, 11) is 1.58. The molecule has 0 radical (unpaired) electrons. The summed E-state index contributed by atoms with van der Waals surface area (Å²) in [6, 6.07) is 3.73. The lowest BCUT2D eigenvalue weighted by molar-refractivity contribution is 0.400. The number of anilines is 2. The molecule has 1 fully saturated rings. The van der Waals surface area contributed by atoms with Crippen LogP contribution in [-0.4, -0.2) is 17.6 Å². The van der Waals surface area contributed by atoms with Crippen LogP contribution in [0.15, 0.2) is 12.1 Å². The van der Waals surface area contributed by atoms with Gasteiger partial charge in [0.1, 0.15) is 5.82 Å². The number of rotatable bonds is 3. The average molecular weight is 221 g/mol. The third kappa shape index (κ3) is 2.21. The van der Waals surface area contributed by atoms with Gasteiger partial charge in [0.05, 0.1) is 12.8 Å². The summed E-state index contributed by atoms with van der Waals surface area (Å²) in [5, 5.41) is 3.47. The zero-order valence-corrected chi connectivity index (χ0v) is 9.92. The summed E-state index contributed by atoms with van der Waals surface area (Å²) in [4.78, 5) is 4.34. The van der Waals surface area contributed by atoms with Crippen LogP contribution < -0.4 is 15.8 Å². The highest BCUT2D eigenvalue weighted by atomic mass is 16.5. The molecule has 88 valence electrons. The van der Waals surface area contributed by atoms with Gasteiger partial charge in [-0.25, -0.2) is 0 Å². The Bertz CT molecular complexity index is 373. The van der Waals surface area contributed by atoms with Gasteiger partial charge in [-0.05, 0) is 31.9 Å². The SMILES string of the molecule is COc1nc(NC2(C)CCCC2)ccc1N. The molecule has 0 spiro atoms. The molecule has 0 amide bonds. The fourth-order valence-electron chi connectivity index (χ4n) is 2.27. The maximum atomic E-state index is 5.73. The molecule has 1 aliphatic rings. The quantitative estimate of drug-likeness (QED) is 0.823. The van der Waals surface area contributed by atoms with Crippen molar-refractivity contribution in [3.05, 3.63) is 12.1 Å². The summed E-state index contributed by atoms with van der Waals surface area (Å²) in [5.41, 5.74) is 6.47. The van der Waals surface area contributed by atoms with E-state index < -0.39 is 0 Å². The van der Waals surface area contributed by atoms with E-state index in [-0.39, 0.29) is 5.54 Å². The maximum Gasteiger partial charge on any atom is 0.238 e. The van der Waals surface area contributed by atoms with E-state index in [2.05, 4.69) is 17.2 Å². The lowest BCUT2D eigenvalue weighted by atomic mass is 10.0. The molecule has 1 aromatic heterocycles. The van der Waals surface area contributed by atoms with Crippen molar-refractivity contribution in [2.45, 2.75) is 38.1 Å². The van der Waals surface area contributed by atoms with Crippen molar-refractivity contribution < 1.29 is 4.74 Å². The van der Waals surface area contributed by atoms with Crippen LogP contribution in [0.3, 0.4) is 0 Å². The number of aromatic nitrogens is 1. The molecule has 1 aromatic rings. The maximum absolute atomic E-state index is 5.73. The smallest absolute Gasteiger partial charge is 0.238 e. The Kier molecular flexibility index (Phi) is 2.90. The van der Waals surface area contributed by atoms with E-state index in [1.807, 2.05) is 12.1 Å².